The molecule has 1 heterocycles. The van der Waals surface area contributed by atoms with E-state index in [0.717, 1.165) is 36.6 Å². The molecular formula is C25H29NOS. The summed E-state index contributed by atoms with van der Waals surface area (Å²) in [7, 11) is 0. The van der Waals surface area contributed by atoms with Crippen molar-refractivity contribution < 1.29 is 4.74 Å². The maximum atomic E-state index is 6.08. The van der Waals surface area contributed by atoms with Gasteiger partial charge in [0.15, 0.2) is 0 Å². The highest BCUT2D eigenvalue weighted by molar-refractivity contribution is 7.15. The number of fused-ring (bicyclic) bond motifs is 1. The van der Waals surface area contributed by atoms with Gasteiger partial charge in [0, 0.05) is 10.4 Å². The third-order valence-corrected chi connectivity index (χ3v) is 6.84. The molecule has 4 rings (SSSR count). The van der Waals surface area contributed by atoms with Crippen molar-refractivity contribution in [3.63, 3.8) is 0 Å². The van der Waals surface area contributed by atoms with Gasteiger partial charge < -0.3 is 4.74 Å². The lowest BCUT2D eigenvalue weighted by Crippen LogP contribution is -1.98. The molecule has 0 atom stereocenters. The van der Waals surface area contributed by atoms with Gasteiger partial charge in [-0.1, -0.05) is 18.2 Å². The van der Waals surface area contributed by atoms with Gasteiger partial charge in [-0.15, -0.1) is 11.3 Å². The first kappa shape index (κ1) is 19.2. The van der Waals surface area contributed by atoms with Gasteiger partial charge in [-0.3, -0.25) is 0 Å². The molecule has 146 valence electrons. The second kappa shape index (κ2) is 8.48. The Bertz CT molecular complexity index is 961. The van der Waals surface area contributed by atoms with Crippen LogP contribution in [0.5, 0.6) is 0 Å². The summed E-state index contributed by atoms with van der Waals surface area (Å²) in [6.45, 7) is 7.25. The van der Waals surface area contributed by atoms with E-state index >= 15 is 0 Å². The van der Waals surface area contributed by atoms with Gasteiger partial charge in [0.2, 0.25) is 0 Å². The maximum absolute atomic E-state index is 6.08. The molecule has 0 bridgehead atoms. The number of benzene rings is 1. The number of nitrogens with zero attached hydrogens (tertiary/aromatic N) is 1. The Morgan fingerprint density at radius 2 is 1.89 bits per heavy atom. The Kier molecular flexibility index (Phi) is 5.82. The zero-order valence-corrected chi connectivity index (χ0v) is 18.0. The lowest BCUT2D eigenvalue weighted by Gasteiger charge is -2.07. The number of hydrogen-bond acceptors (Lipinski definition) is 3. The van der Waals surface area contributed by atoms with Crippen LogP contribution in [0.1, 0.15) is 53.8 Å². The quantitative estimate of drug-likeness (QED) is 0.494. The summed E-state index contributed by atoms with van der Waals surface area (Å²) in [6, 6.07) is 6.62. The molecule has 3 heteroatoms. The number of allylic oxidation sites excluding steroid dienone is 5. The van der Waals surface area contributed by atoms with E-state index in [4.69, 9.17) is 9.72 Å². The summed E-state index contributed by atoms with van der Waals surface area (Å²) in [6.07, 6.45) is 13.5. The lowest BCUT2D eigenvalue weighted by molar-refractivity contribution is 0.219. The zero-order chi connectivity index (χ0) is 19.5. The van der Waals surface area contributed by atoms with Crippen molar-refractivity contribution in [2.24, 2.45) is 0 Å². The van der Waals surface area contributed by atoms with Gasteiger partial charge >= 0.3 is 0 Å². The minimum Gasteiger partial charge on any atom is -0.494 e. The van der Waals surface area contributed by atoms with Crippen LogP contribution in [-0.4, -0.2) is 11.6 Å². The summed E-state index contributed by atoms with van der Waals surface area (Å²) in [5, 5.41) is 1.13. The van der Waals surface area contributed by atoms with E-state index in [1.807, 2.05) is 0 Å². The fraction of sp³-hybridized carbons (Fsp3) is 0.400. The second-order valence-corrected chi connectivity index (χ2v) is 9.07. The smallest absolute Gasteiger partial charge is 0.123 e. The topological polar surface area (TPSA) is 22.1 Å². The van der Waals surface area contributed by atoms with Crippen LogP contribution in [0, 0.1) is 20.8 Å². The summed E-state index contributed by atoms with van der Waals surface area (Å²) in [5.74, 6) is 1.05. The number of aromatic nitrogens is 1. The van der Waals surface area contributed by atoms with Crippen LogP contribution in [0.15, 0.2) is 53.3 Å². The number of aryl methyl sites for hydroxylation is 4. The van der Waals surface area contributed by atoms with Gasteiger partial charge in [-0.2, -0.15) is 0 Å². The van der Waals surface area contributed by atoms with Crippen molar-refractivity contribution in [3.05, 3.63) is 75.0 Å². The standard InChI is InChI=1S/C25H29NOS/c1-17-12-13-22(15-18(17)2)25-26-24(19(3)28-25)11-6-14-27-23-10-5-8-20-7-4-9-21(20)16-23/h8,10,12-13,15-16H,4-7,9,11,14H2,1-3H3. The SMILES string of the molecule is Cc1ccc(-c2nc(CCCOC3=CCC=C4CCCC4=C3)c(C)s2)cc1C. The van der Waals surface area contributed by atoms with Crippen molar-refractivity contribution in [2.45, 2.75) is 59.3 Å². The molecule has 0 spiro atoms. The van der Waals surface area contributed by atoms with Gasteiger partial charge in [0.05, 0.1) is 12.3 Å². The Morgan fingerprint density at radius 3 is 2.75 bits per heavy atom. The van der Waals surface area contributed by atoms with Gasteiger partial charge in [0.1, 0.15) is 10.8 Å². The molecule has 1 aromatic heterocycles. The predicted octanol–water partition coefficient (Wildman–Crippen LogP) is 7.01. The van der Waals surface area contributed by atoms with E-state index in [0.29, 0.717) is 0 Å². The predicted molar refractivity (Wildman–Crippen MR) is 119 cm³/mol. The van der Waals surface area contributed by atoms with Gasteiger partial charge in [-0.05, 0) is 99.8 Å². The summed E-state index contributed by atoms with van der Waals surface area (Å²) in [5.41, 5.74) is 8.12. The molecular weight excluding hydrogens is 362 g/mol. The van der Waals surface area contributed by atoms with E-state index in [1.165, 1.54) is 57.7 Å². The second-order valence-electron chi connectivity index (χ2n) is 7.87. The molecule has 0 saturated heterocycles. The monoisotopic (exact) mass is 391 g/mol. The van der Waals surface area contributed by atoms with Crippen LogP contribution in [0.4, 0.5) is 0 Å². The lowest BCUT2D eigenvalue weighted by atomic mass is 10.1. The normalized spacial score (nSPS) is 16.2. The van der Waals surface area contributed by atoms with E-state index < -0.39 is 0 Å². The average Bonchev–Trinajstić information content (AvgIpc) is 3.22. The van der Waals surface area contributed by atoms with E-state index in [2.05, 4.69) is 57.2 Å². The van der Waals surface area contributed by atoms with Crippen LogP contribution >= 0.6 is 11.3 Å². The molecule has 0 aliphatic heterocycles. The fourth-order valence-corrected chi connectivity index (χ4v) is 4.88. The number of hydrogen-bond donors (Lipinski definition) is 0. The summed E-state index contributed by atoms with van der Waals surface area (Å²) in [4.78, 5) is 6.24. The molecule has 2 aliphatic rings. The highest BCUT2D eigenvalue weighted by Crippen LogP contribution is 2.33. The molecule has 1 fully saturated rings. The highest BCUT2D eigenvalue weighted by atomic mass is 32.1. The van der Waals surface area contributed by atoms with Crippen molar-refractivity contribution in [2.75, 3.05) is 6.61 Å². The Hall–Kier alpha value is -2.13. The molecule has 28 heavy (non-hydrogen) atoms. The van der Waals surface area contributed by atoms with Crippen molar-refractivity contribution in [1.82, 2.24) is 4.98 Å². The minimum absolute atomic E-state index is 0.751. The van der Waals surface area contributed by atoms with Crippen molar-refractivity contribution in [1.29, 1.82) is 0 Å². The first-order valence-electron chi connectivity index (χ1n) is 10.4. The molecule has 1 aromatic carbocycles. The average molecular weight is 392 g/mol. The molecule has 0 N–H and O–H groups in total. The third-order valence-electron chi connectivity index (χ3n) is 5.78. The highest BCUT2D eigenvalue weighted by Gasteiger charge is 2.15. The van der Waals surface area contributed by atoms with E-state index in [-0.39, 0.29) is 0 Å². The molecule has 0 unspecified atom stereocenters. The van der Waals surface area contributed by atoms with Crippen molar-refractivity contribution >= 4 is 11.3 Å². The Labute approximate surface area is 172 Å². The molecule has 0 amide bonds. The molecule has 2 aliphatic carbocycles. The van der Waals surface area contributed by atoms with Crippen LogP contribution in [0.25, 0.3) is 10.6 Å². The Balaban J connectivity index is 1.33. The molecule has 0 radical (unpaired) electrons. The van der Waals surface area contributed by atoms with Crippen LogP contribution in [-0.2, 0) is 11.2 Å². The summed E-state index contributed by atoms with van der Waals surface area (Å²) < 4.78 is 6.08. The van der Waals surface area contributed by atoms with Gasteiger partial charge in [0.25, 0.3) is 0 Å². The minimum atomic E-state index is 0.751. The first-order valence-corrected chi connectivity index (χ1v) is 11.2. The largest absolute Gasteiger partial charge is 0.494 e. The Morgan fingerprint density at radius 1 is 1.04 bits per heavy atom. The fourth-order valence-electron chi connectivity index (χ4n) is 3.92. The van der Waals surface area contributed by atoms with Crippen LogP contribution in [0.3, 0.4) is 0 Å². The summed E-state index contributed by atoms with van der Waals surface area (Å²) >= 11 is 1.80. The molecule has 2 nitrogen and oxygen atoms in total. The number of ether oxygens (including phenoxy) is 1. The first-order chi connectivity index (χ1) is 13.6. The van der Waals surface area contributed by atoms with Crippen LogP contribution < -0.4 is 0 Å². The third kappa shape index (κ3) is 4.30. The maximum Gasteiger partial charge on any atom is 0.123 e. The molecule has 1 saturated carbocycles. The van der Waals surface area contributed by atoms with E-state index in [1.54, 1.807) is 11.3 Å². The van der Waals surface area contributed by atoms with E-state index in [9.17, 15) is 0 Å². The van der Waals surface area contributed by atoms with Crippen LogP contribution in [0.2, 0.25) is 0 Å². The number of thiazole rings is 1. The molecule has 2 aromatic rings. The van der Waals surface area contributed by atoms with Crippen molar-refractivity contribution in [3.8, 4) is 10.6 Å². The zero-order valence-electron chi connectivity index (χ0n) is 17.2. The number of rotatable bonds is 6. The van der Waals surface area contributed by atoms with Gasteiger partial charge in [-0.25, -0.2) is 4.98 Å².